The molecule has 0 unspecified atom stereocenters. The lowest BCUT2D eigenvalue weighted by atomic mass is 10.1. The summed E-state index contributed by atoms with van der Waals surface area (Å²) >= 11 is 2.01. The van der Waals surface area contributed by atoms with Gasteiger partial charge in [0.05, 0.1) is 6.42 Å². The van der Waals surface area contributed by atoms with Crippen molar-refractivity contribution in [3.05, 3.63) is 27.1 Å². The zero-order valence-corrected chi connectivity index (χ0v) is 8.18. The van der Waals surface area contributed by atoms with Gasteiger partial charge >= 0.3 is 0 Å². The summed E-state index contributed by atoms with van der Waals surface area (Å²) in [6.07, 6.45) is 0.165. The monoisotopic (exact) mass is 277 g/mol. The molecule has 1 amide bonds. The van der Waals surface area contributed by atoms with Crippen molar-refractivity contribution in [2.24, 2.45) is 0 Å². The third-order valence-corrected chi connectivity index (χ3v) is 2.39. The van der Waals surface area contributed by atoms with Crippen molar-refractivity contribution in [3.63, 3.8) is 0 Å². The third-order valence-electron chi connectivity index (χ3n) is 1.77. The normalized spacial score (nSPS) is 14.3. The van der Waals surface area contributed by atoms with Gasteiger partial charge in [0.2, 0.25) is 5.91 Å². The summed E-state index contributed by atoms with van der Waals surface area (Å²) in [5.74, 6) is -0.429. The van der Waals surface area contributed by atoms with Crippen molar-refractivity contribution >= 4 is 34.2 Å². The summed E-state index contributed by atoms with van der Waals surface area (Å²) in [4.78, 5) is 10.9. The molecule has 2 nitrogen and oxygen atoms in total. The van der Waals surface area contributed by atoms with Crippen LogP contribution in [-0.4, -0.2) is 5.91 Å². The summed E-state index contributed by atoms with van der Waals surface area (Å²) in [6, 6.07) is 3.20. The number of anilines is 1. The van der Waals surface area contributed by atoms with E-state index in [1.165, 1.54) is 6.07 Å². The van der Waals surface area contributed by atoms with Crippen molar-refractivity contribution in [3.8, 4) is 0 Å². The van der Waals surface area contributed by atoms with Gasteiger partial charge < -0.3 is 5.32 Å². The highest BCUT2D eigenvalue weighted by atomic mass is 127. The van der Waals surface area contributed by atoms with Crippen LogP contribution in [0.2, 0.25) is 0 Å². The van der Waals surface area contributed by atoms with Crippen LogP contribution in [0.3, 0.4) is 0 Å². The number of benzene rings is 1. The van der Waals surface area contributed by atoms with Crippen molar-refractivity contribution in [1.29, 1.82) is 0 Å². The van der Waals surface area contributed by atoms with Crippen LogP contribution in [0, 0.1) is 9.39 Å². The fourth-order valence-corrected chi connectivity index (χ4v) is 1.83. The Hall–Kier alpha value is -0.650. The molecule has 0 saturated heterocycles. The zero-order valence-electron chi connectivity index (χ0n) is 6.03. The Morgan fingerprint density at radius 1 is 1.50 bits per heavy atom. The van der Waals surface area contributed by atoms with Gasteiger partial charge in [0.1, 0.15) is 5.82 Å². The van der Waals surface area contributed by atoms with Crippen LogP contribution in [0.1, 0.15) is 5.56 Å². The van der Waals surface area contributed by atoms with Gasteiger partial charge in [0.15, 0.2) is 0 Å². The first-order valence-corrected chi connectivity index (χ1v) is 4.52. The lowest BCUT2D eigenvalue weighted by Gasteiger charge is -1.99. The molecule has 4 heteroatoms. The van der Waals surface area contributed by atoms with E-state index in [0.717, 1.165) is 3.57 Å². The maximum absolute atomic E-state index is 13.1. The minimum absolute atomic E-state index is 0.133. The van der Waals surface area contributed by atoms with E-state index in [1.54, 1.807) is 6.07 Å². The van der Waals surface area contributed by atoms with Gasteiger partial charge in [-0.05, 0) is 34.7 Å². The van der Waals surface area contributed by atoms with Crippen LogP contribution in [-0.2, 0) is 11.2 Å². The average molecular weight is 277 g/mol. The number of hydrogen-bond acceptors (Lipinski definition) is 1. The number of carbonyl (C=O) groups excluding carboxylic acids is 1. The second kappa shape index (κ2) is 2.69. The number of hydrogen-bond donors (Lipinski definition) is 1. The first-order chi connectivity index (χ1) is 5.66. The second-order valence-corrected chi connectivity index (χ2v) is 3.88. The smallest absolute Gasteiger partial charge is 0.228 e. The molecular weight excluding hydrogens is 272 g/mol. The molecule has 0 fully saturated rings. The number of nitrogens with one attached hydrogen (secondary N) is 1. The lowest BCUT2D eigenvalue weighted by molar-refractivity contribution is -0.115. The lowest BCUT2D eigenvalue weighted by Crippen LogP contribution is -2.03. The Balaban J connectivity index is 2.59. The highest BCUT2D eigenvalue weighted by molar-refractivity contribution is 14.1. The van der Waals surface area contributed by atoms with Crippen molar-refractivity contribution in [1.82, 2.24) is 0 Å². The molecular formula is C8H5FINO. The van der Waals surface area contributed by atoms with Crippen molar-refractivity contribution in [2.45, 2.75) is 6.42 Å². The Kier molecular flexibility index (Phi) is 1.79. The van der Waals surface area contributed by atoms with E-state index in [-0.39, 0.29) is 18.1 Å². The maximum atomic E-state index is 13.1. The second-order valence-electron chi connectivity index (χ2n) is 2.64. The first-order valence-electron chi connectivity index (χ1n) is 3.44. The predicted octanol–water partition coefficient (Wildman–Crippen LogP) is 1.92. The predicted molar refractivity (Wildman–Crippen MR) is 51.5 cm³/mol. The molecule has 1 aliphatic heterocycles. The molecule has 1 aromatic carbocycles. The van der Waals surface area contributed by atoms with Gasteiger partial charge in [0.25, 0.3) is 0 Å². The number of carbonyl (C=O) groups is 1. The van der Waals surface area contributed by atoms with E-state index in [0.29, 0.717) is 11.3 Å². The van der Waals surface area contributed by atoms with E-state index in [1.807, 2.05) is 22.6 Å². The van der Waals surface area contributed by atoms with Crippen LogP contribution in [0.5, 0.6) is 0 Å². The Bertz CT molecular complexity index is 364. The molecule has 62 valence electrons. The van der Waals surface area contributed by atoms with Crippen LogP contribution >= 0.6 is 22.6 Å². The minimum Gasteiger partial charge on any atom is -0.325 e. The van der Waals surface area contributed by atoms with Gasteiger partial charge in [-0.3, -0.25) is 4.79 Å². The van der Waals surface area contributed by atoms with Gasteiger partial charge in [-0.2, -0.15) is 0 Å². The first kappa shape index (κ1) is 7.97. The molecule has 12 heavy (non-hydrogen) atoms. The van der Waals surface area contributed by atoms with Gasteiger partial charge in [-0.1, -0.05) is 0 Å². The van der Waals surface area contributed by atoms with Crippen molar-refractivity contribution < 1.29 is 9.18 Å². The summed E-state index contributed by atoms with van der Waals surface area (Å²) in [7, 11) is 0. The molecule has 0 aliphatic carbocycles. The maximum Gasteiger partial charge on any atom is 0.228 e. The molecule has 1 N–H and O–H groups in total. The largest absolute Gasteiger partial charge is 0.325 e. The molecule has 0 radical (unpaired) electrons. The molecule has 0 bridgehead atoms. The number of rotatable bonds is 0. The van der Waals surface area contributed by atoms with Crippen molar-refractivity contribution in [2.75, 3.05) is 5.32 Å². The zero-order chi connectivity index (χ0) is 8.72. The van der Waals surface area contributed by atoms with Crippen LogP contribution in [0.25, 0.3) is 0 Å². The van der Waals surface area contributed by atoms with Crippen LogP contribution in [0.4, 0.5) is 10.1 Å². The molecule has 0 spiro atoms. The van der Waals surface area contributed by atoms with Gasteiger partial charge in [-0.25, -0.2) is 4.39 Å². The van der Waals surface area contributed by atoms with Crippen LogP contribution < -0.4 is 5.32 Å². The summed E-state index contributed by atoms with van der Waals surface area (Å²) in [5, 5.41) is 2.60. The third kappa shape index (κ3) is 1.20. The van der Waals surface area contributed by atoms with Gasteiger partial charge in [-0.15, -0.1) is 0 Å². The number of amides is 1. The molecule has 0 atom stereocenters. The summed E-state index contributed by atoms with van der Waals surface area (Å²) in [5.41, 5.74) is 1.10. The number of fused-ring (bicyclic) bond motifs is 1. The topological polar surface area (TPSA) is 29.1 Å². The number of halogens is 2. The fraction of sp³-hybridized carbons (Fsp3) is 0.125. The molecule has 0 saturated carbocycles. The highest BCUT2D eigenvalue weighted by Gasteiger charge is 2.21. The Morgan fingerprint density at radius 2 is 2.25 bits per heavy atom. The van der Waals surface area contributed by atoms with Crippen LogP contribution in [0.15, 0.2) is 12.1 Å². The minimum atomic E-state index is -0.296. The molecule has 1 heterocycles. The molecule has 0 aromatic heterocycles. The molecule has 1 aromatic rings. The fourth-order valence-electron chi connectivity index (χ4n) is 1.25. The summed E-state index contributed by atoms with van der Waals surface area (Å²) in [6.45, 7) is 0. The van der Waals surface area contributed by atoms with E-state index >= 15 is 0 Å². The molecule has 1 aliphatic rings. The van der Waals surface area contributed by atoms with E-state index in [9.17, 15) is 9.18 Å². The van der Waals surface area contributed by atoms with Gasteiger partial charge in [0, 0.05) is 14.8 Å². The summed E-state index contributed by atoms with van der Waals surface area (Å²) < 4.78 is 13.9. The Labute approximate surface area is 82.3 Å². The van der Waals surface area contributed by atoms with E-state index in [2.05, 4.69) is 5.32 Å². The van der Waals surface area contributed by atoms with E-state index in [4.69, 9.17) is 0 Å². The van der Waals surface area contributed by atoms with E-state index < -0.39 is 0 Å². The Morgan fingerprint density at radius 3 is 3.00 bits per heavy atom. The quantitative estimate of drug-likeness (QED) is 0.721. The molecule has 2 rings (SSSR count). The SMILES string of the molecule is O=C1Cc2c(F)cc(I)cc2N1. The standard InChI is InChI=1S/C8H5FINO/c9-6-1-4(10)2-7-5(6)3-8(12)11-7/h1-2H,3H2,(H,11,12). The average Bonchev–Trinajstić information content (AvgIpc) is 2.29. The highest BCUT2D eigenvalue weighted by Crippen LogP contribution is 2.27.